The minimum atomic E-state index is 0.564. The van der Waals surface area contributed by atoms with Crippen molar-refractivity contribution in [2.45, 2.75) is 59.6 Å². The molecule has 0 aliphatic rings. The van der Waals surface area contributed by atoms with Gasteiger partial charge in [0, 0.05) is 5.25 Å². The van der Waals surface area contributed by atoms with Gasteiger partial charge in [0.25, 0.3) is 0 Å². The maximum absolute atomic E-state index is 4.76. The van der Waals surface area contributed by atoms with E-state index in [-0.39, 0.29) is 0 Å². The Labute approximate surface area is 96.3 Å². The third-order valence-electron chi connectivity index (χ3n) is 3.37. The Balaban J connectivity index is 3.92. The topological polar surface area (TPSA) is 0 Å². The predicted octanol–water partition coefficient (Wildman–Crippen LogP) is 4.65. The van der Waals surface area contributed by atoms with Crippen LogP contribution in [-0.4, -0.2) is 5.25 Å². The Bertz CT molecular complexity index is 140. The van der Waals surface area contributed by atoms with Crippen LogP contribution in [0.1, 0.15) is 54.4 Å². The molecule has 0 fully saturated rings. The van der Waals surface area contributed by atoms with E-state index in [1.807, 2.05) is 0 Å². The van der Waals surface area contributed by atoms with Crippen LogP contribution in [0, 0.1) is 23.7 Å². The van der Waals surface area contributed by atoms with Crippen LogP contribution in [0.5, 0.6) is 0 Å². The van der Waals surface area contributed by atoms with Crippen molar-refractivity contribution < 1.29 is 0 Å². The highest BCUT2D eigenvalue weighted by Crippen LogP contribution is 2.28. The van der Waals surface area contributed by atoms with Crippen LogP contribution in [0.15, 0.2) is 0 Å². The highest BCUT2D eigenvalue weighted by atomic mass is 32.1. The predicted molar refractivity (Wildman–Crippen MR) is 70.0 cm³/mol. The maximum Gasteiger partial charge on any atom is 0.00705 e. The molecule has 0 radical (unpaired) electrons. The number of thiol groups is 1. The van der Waals surface area contributed by atoms with Crippen molar-refractivity contribution in [3.05, 3.63) is 0 Å². The summed E-state index contributed by atoms with van der Waals surface area (Å²) in [7, 11) is 0. The molecule has 0 heterocycles. The summed E-state index contributed by atoms with van der Waals surface area (Å²) >= 11 is 4.76. The van der Waals surface area contributed by atoms with Crippen LogP contribution in [0.3, 0.4) is 0 Å². The lowest BCUT2D eigenvalue weighted by Gasteiger charge is -2.28. The van der Waals surface area contributed by atoms with Crippen molar-refractivity contribution in [1.82, 2.24) is 0 Å². The Morgan fingerprint density at radius 1 is 0.857 bits per heavy atom. The van der Waals surface area contributed by atoms with Gasteiger partial charge < -0.3 is 0 Å². The molecular formula is C13H28S. The number of rotatable bonds is 6. The molecule has 0 saturated heterocycles. The van der Waals surface area contributed by atoms with Gasteiger partial charge in [-0.25, -0.2) is 0 Å². The lowest BCUT2D eigenvalue weighted by Crippen LogP contribution is -2.24. The Morgan fingerprint density at radius 3 is 1.71 bits per heavy atom. The van der Waals surface area contributed by atoms with E-state index < -0.39 is 0 Å². The van der Waals surface area contributed by atoms with Gasteiger partial charge in [-0.1, -0.05) is 48.0 Å². The van der Waals surface area contributed by atoms with E-state index in [1.165, 1.54) is 12.8 Å². The lowest BCUT2D eigenvalue weighted by molar-refractivity contribution is 0.323. The van der Waals surface area contributed by atoms with Crippen LogP contribution in [0.2, 0.25) is 0 Å². The summed E-state index contributed by atoms with van der Waals surface area (Å²) in [6.07, 6.45) is 2.66. The van der Waals surface area contributed by atoms with E-state index in [0.29, 0.717) is 5.25 Å². The highest BCUT2D eigenvalue weighted by molar-refractivity contribution is 7.81. The van der Waals surface area contributed by atoms with Gasteiger partial charge in [-0.3, -0.25) is 0 Å². The van der Waals surface area contributed by atoms with Gasteiger partial charge in [-0.15, -0.1) is 0 Å². The molecule has 0 amide bonds. The van der Waals surface area contributed by atoms with Gasteiger partial charge in [-0.2, -0.15) is 12.6 Å². The van der Waals surface area contributed by atoms with Gasteiger partial charge in [-0.05, 0) is 30.1 Å². The molecule has 0 aliphatic heterocycles. The molecule has 3 unspecified atom stereocenters. The zero-order valence-corrected chi connectivity index (χ0v) is 11.6. The van der Waals surface area contributed by atoms with Gasteiger partial charge in [0.2, 0.25) is 0 Å². The first-order valence-corrected chi connectivity index (χ1v) is 6.56. The number of hydrogen-bond donors (Lipinski definition) is 1. The SMILES string of the molecule is CC(C)CCC(C)C(S)C(C)C(C)C. The first kappa shape index (κ1) is 14.3. The van der Waals surface area contributed by atoms with Crippen LogP contribution < -0.4 is 0 Å². The van der Waals surface area contributed by atoms with E-state index in [0.717, 1.165) is 23.7 Å². The van der Waals surface area contributed by atoms with Gasteiger partial charge >= 0.3 is 0 Å². The average molecular weight is 216 g/mol. The first-order chi connectivity index (χ1) is 6.36. The fraction of sp³-hybridized carbons (Fsp3) is 1.00. The fourth-order valence-electron chi connectivity index (χ4n) is 1.68. The van der Waals surface area contributed by atoms with Gasteiger partial charge in [0.05, 0.1) is 0 Å². The Kier molecular flexibility index (Phi) is 6.93. The molecule has 0 saturated carbocycles. The molecule has 0 nitrogen and oxygen atoms in total. The van der Waals surface area contributed by atoms with E-state index in [9.17, 15) is 0 Å². The van der Waals surface area contributed by atoms with Crippen molar-refractivity contribution in [2.75, 3.05) is 0 Å². The van der Waals surface area contributed by atoms with Crippen LogP contribution in [-0.2, 0) is 0 Å². The molecule has 3 atom stereocenters. The van der Waals surface area contributed by atoms with E-state index in [1.54, 1.807) is 0 Å². The molecule has 0 aromatic carbocycles. The van der Waals surface area contributed by atoms with Crippen molar-refractivity contribution in [2.24, 2.45) is 23.7 Å². The normalized spacial score (nSPS) is 18.6. The maximum atomic E-state index is 4.76. The largest absolute Gasteiger partial charge is 0.175 e. The minimum Gasteiger partial charge on any atom is -0.175 e. The van der Waals surface area contributed by atoms with E-state index in [4.69, 9.17) is 12.6 Å². The highest BCUT2D eigenvalue weighted by Gasteiger charge is 2.22. The molecule has 0 aliphatic carbocycles. The molecule has 0 aromatic heterocycles. The minimum absolute atomic E-state index is 0.564. The molecule has 14 heavy (non-hydrogen) atoms. The van der Waals surface area contributed by atoms with Crippen molar-refractivity contribution >= 4 is 12.6 Å². The van der Waals surface area contributed by atoms with Crippen molar-refractivity contribution in [3.63, 3.8) is 0 Å². The Morgan fingerprint density at radius 2 is 1.36 bits per heavy atom. The zero-order chi connectivity index (χ0) is 11.3. The summed E-state index contributed by atoms with van der Waals surface area (Å²) < 4.78 is 0. The second kappa shape index (κ2) is 6.76. The summed E-state index contributed by atoms with van der Waals surface area (Å²) in [6, 6.07) is 0. The quantitative estimate of drug-likeness (QED) is 0.614. The third-order valence-corrected chi connectivity index (χ3v) is 4.35. The molecular weight excluding hydrogens is 188 g/mol. The van der Waals surface area contributed by atoms with E-state index >= 15 is 0 Å². The summed E-state index contributed by atoms with van der Waals surface area (Å²) in [5.74, 6) is 3.05. The zero-order valence-electron chi connectivity index (χ0n) is 10.7. The third kappa shape index (κ3) is 5.29. The summed E-state index contributed by atoms with van der Waals surface area (Å²) in [4.78, 5) is 0. The summed E-state index contributed by atoms with van der Waals surface area (Å²) in [6.45, 7) is 13.9. The standard InChI is InChI=1S/C13H28S/c1-9(2)7-8-11(5)13(14)12(6)10(3)4/h9-14H,7-8H2,1-6H3. The van der Waals surface area contributed by atoms with E-state index in [2.05, 4.69) is 41.5 Å². The van der Waals surface area contributed by atoms with Crippen molar-refractivity contribution in [3.8, 4) is 0 Å². The molecule has 0 rings (SSSR count). The van der Waals surface area contributed by atoms with Gasteiger partial charge in [0.15, 0.2) is 0 Å². The average Bonchev–Trinajstić information content (AvgIpc) is 2.11. The van der Waals surface area contributed by atoms with Crippen LogP contribution in [0.4, 0.5) is 0 Å². The fourth-order valence-corrected chi connectivity index (χ4v) is 2.17. The smallest absolute Gasteiger partial charge is 0.00705 e. The molecule has 1 heteroatoms. The van der Waals surface area contributed by atoms with Gasteiger partial charge in [0.1, 0.15) is 0 Å². The van der Waals surface area contributed by atoms with Crippen LogP contribution >= 0.6 is 12.6 Å². The summed E-state index contributed by atoms with van der Waals surface area (Å²) in [5.41, 5.74) is 0. The molecule has 86 valence electrons. The van der Waals surface area contributed by atoms with Crippen LogP contribution in [0.25, 0.3) is 0 Å². The second-order valence-corrected chi connectivity index (χ2v) is 6.14. The summed E-state index contributed by atoms with van der Waals surface area (Å²) in [5, 5.41) is 0.564. The monoisotopic (exact) mass is 216 g/mol. The first-order valence-electron chi connectivity index (χ1n) is 6.04. The number of hydrogen-bond acceptors (Lipinski definition) is 1. The lowest BCUT2D eigenvalue weighted by atomic mass is 9.85. The molecule has 0 bridgehead atoms. The molecule has 0 spiro atoms. The second-order valence-electron chi connectivity index (χ2n) is 5.54. The Hall–Kier alpha value is 0.350. The molecule has 0 N–H and O–H groups in total. The van der Waals surface area contributed by atoms with Crippen molar-refractivity contribution in [1.29, 1.82) is 0 Å². The molecule has 0 aromatic rings.